The largest absolute Gasteiger partial charge is 2.00 e. The third-order valence-corrected chi connectivity index (χ3v) is 0.354. The maximum atomic E-state index is 9.11. The molecule has 4 nitrogen and oxygen atoms in total. The van der Waals surface area contributed by atoms with Crippen LogP contribution in [0.4, 0.5) is 0 Å². The van der Waals surface area contributed by atoms with Crippen molar-refractivity contribution in [2.45, 2.75) is 33.6 Å². The zero-order valence-electron chi connectivity index (χ0n) is 13.7. The monoisotopic (exact) mass is 561 g/mol. The minimum Gasteiger partial charge on any atom is 0 e. The third-order valence-electron chi connectivity index (χ3n) is 0.354. The predicted octanol–water partition coefficient (Wildman–Crippen LogP) is 5.06. The number of nitrogens with one attached hydrogen (secondary N) is 2. The number of hydrogen-bond donors (Lipinski definition) is 0. The summed E-state index contributed by atoms with van der Waals surface area (Å²) in [6, 6.07) is 0. The summed E-state index contributed by atoms with van der Waals surface area (Å²) in [7, 11) is 9.78. The summed E-state index contributed by atoms with van der Waals surface area (Å²) in [4.78, 5) is 18.2. The van der Waals surface area contributed by atoms with Gasteiger partial charge in [0.2, 0.25) is 0 Å². The van der Waals surface area contributed by atoms with Crippen molar-refractivity contribution in [3.05, 3.63) is 33.2 Å². The first-order valence-electron chi connectivity index (χ1n) is 3.99. The summed E-state index contributed by atoms with van der Waals surface area (Å²) < 4.78 is 0. The first kappa shape index (κ1) is 72.4. The summed E-state index contributed by atoms with van der Waals surface area (Å²) in [5.41, 5.74) is 11.9. The van der Waals surface area contributed by atoms with Crippen LogP contribution < -0.4 is 0 Å². The number of carbonyl (C=O) groups is 2. The van der Waals surface area contributed by atoms with Crippen molar-refractivity contribution in [3.63, 3.8) is 0 Å². The Morgan fingerprint density at radius 3 is 1.00 bits per heavy atom. The van der Waals surface area contributed by atoms with Gasteiger partial charge in [-0.25, -0.2) is 0 Å². The molecule has 2 amide bonds. The molecule has 0 fully saturated rings. The van der Waals surface area contributed by atoms with Gasteiger partial charge in [-0.3, -0.25) is 0 Å². The van der Waals surface area contributed by atoms with E-state index in [9.17, 15) is 0 Å². The molecule has 0 aromatic heterocycles. The van der Waals surface area contributed by atoms with Gasteiger partial charge in [-0.15, -0.1) is 0 Å². The topological polar surface area (TPSA) is 81.7 Å². The van der Waals surface area contributed by atoms with Gasteiger partial charge in [-0.2, -0.15) is 6.42 Å². The molecule has 0 aliphatic rings. The summed E-state index contributed by atoms with van der Waals surface area (Å²) in [5, 5.41) is 0. The Labute approximate surface area is 229 Å². The van der Waals surface area contributed by atoms with Gasteiger partial charge in [0.05, 0.1) is 0 Å². The van der Waals surface area contributed by atoms with Crippen molar-refractivity contribution in [2.75, 3.05) is 0 Å². The molecule has 0 spiro atoms. The van der Waals surface area contributed by atoms with Crippen LogP contribution in [-0.2, 0) is 135 Å². The second-order valence-corrected chi connectivity index (χ2v) is 4.62. The molecule has 22 heavy (non-hydrogen) atoms. The van der Waals surface area contributed by atoms with Crippen molar-refractivity contribution >= 4 is 30.4 Å². The minimum atomic E-state index is -0.583. The van der Waals surface area contributed by atoms with Crippen LogP contribution in [-0.4, -0.2) is 11.8 Å². The second-order valence-electron chi connectivity index (χ2n) is 2.04. The van der Waals surface area contributed by atoms with E-state index in [4.69, 9.17) is 39.7 Å². The van der Waals surface area contributed by atoms with E-state index in [1.165, 1.54) is 20.3 Å². The summed E-state index contributed by atoms with van der Waals surface area (Å²) in [6.45, 7) is 8.11. The van der Waals surface area contributed by atoms with Gasteiger partial charge in [-0.1, -0.05) is 13.3 Å². The van der Waals surface area contributed by atoms with E-state index >= 15 is 0 Å². The molecule has 0 aromatic carbocycles. The molecule has 0 saturated carbocycles. The van der Waals surface area contributed by atoms with Gasteiger partial charge in [0.15, 0.2) is 0 Å². The molecular weight excluding hydrogens is 538 g/mol. The molecule has 0 aromatic rings. The van der Waals surface area contributed by atoms with Gasteiger partial charge in [0, 0.05) is 98.7 Å². The van der Waals surface area contributed by atoms with E-state index in [-0.39, 0.29) is 123 Å². The Bertz CT molecular complexity index is 131. The molecule has 0 aliphatic carbocycles. The molecule has 0 atom stereocenters. The van der Waals surface area contributed by atoms with Crippen molar-refractivity contribution in [1.82, 2.24) is 0 Å². The number of hydrogen-bond acceptors (Lipinski definition) is 2. The summed E-state index contributed by atoms with van der Waals surface area (Å²) in [5.74, 6) is -1.17. The maximum absolute atomic E-state index is 9.11. The number of carbonyl (C=O) groups excluding carboxylic acids is 2. The number of amides is 2. The molecular formula is C10H23Cl2N2O2Ti6-3. The van der Waals surface area contributed by atoms with Gasteiger partial charge in [-0.05, 0) is 13.8 Å². The van der Waals surface area contributed by atoms with Crippen LogP contribution in [0.3, 0.4) is 0 Å². The van der Waals surface area contributed by atoms with E-state index in [2.05, 4.69) is 13.8 Å². The van der Waals surface area contributed by atoms with Crippen LogP contribution in [0.5, 0.6) is 0 Å². The van der Waals surface area contributed by atoms with Crippen LogP contribution in [0, 0.1) is 21.8 Å². The van der Waals surface area contributed by atoms with Crippen molar-refractivity contribution < 1.29 is 135 Å². The average Bonchev–Trinajstić information content (AvgIpc) is 2.03. The Hall–Kier alpha value is 3.81. The van der Waals surface area contributed by atoms with Crippen LogP contribution in [0.2, 0.25) is 0 Å². The van der Waals surface area contributed by atoms with Crippen molar-refractivity contribution in [3.8, 4) is 0 Å². The van der Waals surface area contributed by atoms with Gasteiger partial charge in [0.1, 0.15) is 0 Å². The van der Waals surface area contributed by atoms with E-state index in [0.29, 0.717) is 0 Å². The van der Waals surface area contributed by atoms with E-state index < -0.39 is 28.8 Å². The Morgan fingerprint density at radius 1 is 0.955 bits per heavy atom. The Morgan fingerprint density at radius 2 is 1.00 bits per heavy atom. The quantitative estimate of drug-likeness (QED) is 0.332. The smallest absolute Gasteiger partial charge is 0 e. The van der Waals surface area contributed by atoms with Crippen molar-refractivity contribution in [2.24, 2.45) is 0 Å². The Kier molecular flexibility index (Phi) is 282. The fourth-order valence-electron chi connectivity index (χ4n) is 0. The van der Waals surface area contributed by atoms with Crippen molar-refractivity contribution in [1.29, 1.82) is 0 Å². The maximum Gasteiger partial charge on any atom is 2.00 e. The van der Waals surface area contributed by atoms with Gasteiger partial charge in [0.25, 0.3) is 0 Å². The molecule has 126 valence electrons. The SMILES string of the molecule is CC([NH-])=O.CC([NH-])=O.[CH2-]CCC.[CH3-].[CH3-].[Cl][Ti][Cl].[Ti+2].[Ti].[Ti].[Ti].[Ti]. The molecule has 0 aliphatic heterocycles. The van der Waals surface area contributed by atoms with Gasteiger partial charge < -0.3 is 42.8 Å². The Balaban J connectivity index is -0.00000000740. The normalized spacial score (nSPS) is 4.27. The molecule has 0 bridgehead atoms. The van der Waals surface area contributed by atoms with E-state index in [1.54, 1.807) is 0 Å². The fraction of sp³-hybridized carbons (Fsp3) is 0.500. The third kappa shape index (κ3) is 536. The van der Waals surface area contributed by atoms with E-state index in [0.717, 1.165) is 6.42 Å². The van der Waals surface area contributed by atoms with Crippen LogP contribution in [0.1, 0.15) is 33.6 Å². The summed E-state index contributed by atoms with van der Waals surface area (Å²) >= 11 is -0.556. The molecule has 0 saturated heterocycles. The molecule has 12 heteroatoms. The standard InChI is InChI=1S/C4H9.2C2H5NO.2CH3.2ClH.6Ti/c1-3-4-2;2*1-2(3)4;;;;;;;;;;/h1,3-4H2,2H3;2*1H3,(H2,3,4);2*1H3;2*1H;;;;;;/q-1;;;2*-1;;;;;;;2*+2/p-4. The molecule has 0 unspecified atom stereocenters. The zero-order valence-corrected chi connectivity index (χ0v) is 24.6. The molecule has 0 radical (unpaired) electrons. The average molecular weight is 561 g/mol. The zero-order chi connectivity index (χ0) is 13.3. The van der Waals surface area contributed by atoms with Crippen LogP contribution in [0.25, 0.3) is 11.5 Å². The van der Waals surface area contributed by atoms with Crippen LogP contribution in [0.15, 0.2) is 0 Å². The van der Waals surface area contributed by atoms with Crippen LogP contribution >= 0.6 is 18.6 Å². The fourth-order valence-corrected chi connectivity index (χ4v) is 0. The second kappa shape index (κ2) is 85.7. The van der Waals surface area contributed by atoms with Gasteiger partial charge >= 0.3 is 57.4 Å². The number of unbranched alkanes of at least 4 members (excludes halogenated alkanes) is 1. The molecule has 0 rings (SSSR count). The summed E-state index contributed by atoms with van der Waals surface area (Å²) in [6.07, 6.45) is 2.28. The molecule has 0 heterocycles. The van der Waals surface area contributed by atoms with E-state index in [1.807, 2.05) is 0 Å². The minimum absolute atomic E-state index is 0. The first-order chi connectivity index (χ1) is 6.79. The number of halogens is 2. The number of rotatable bonds is 1. The molecule has 2 N–H and O–H groups in total. The predicted molar refractivity (Wildman–Crippen MR) is 74.8 cm³/mol. The first-order valence-corrected chi connectivity index (χ1v) is 8.29.